The molecule has 12 heteroatoms. The predicted molar refractivity (Wildman–Crippen MR) is 136 cm³/mol. The topological polar surface area (TPSA) is 131 Å². The van der Waals surface area contributed by atoms with E-state index in [4.69, 9.17) is 0 Å². The van der Waals surface area contributed by atoms with Gasteiger partial charge >= 0.3 is 12.3 Å². The number of hydrogen-bond donors (Lipinski definition) is 5. The fourth-order valence-corrected chi connectivity index (χ4v) is 3.68. The van der Waals surface area contributed by atoms with Crippen molar-refractivity contribution in [1.82, 2.24) is 10.6 Å². The van der Waals surface area contributed by atoms with E-state index in [0.717, 1.165) is 11.0 Å². The first-order valence-corrected chi connectivity index (χ1v) is 12.2. The summed E-state index contributed by atoms with van der Waals surface area (Å²) >= 11 is 0. The molecular weight excluding hydrogens is 493 g/mol. The predicted octanol–water partition coefficient (Wildman–Crippen LogP) is 4.21. The van der Waals surface area contributed by atoms with Crippen LogP contribution in [0.3, 0.4) is 0 Å². The molecule has 210 valence electrons. The summed E-state index contributed by atoms with van der Waals surface area (Å²) in [6.07, 6.45) is -6.71. The molecule has 1 aromatic carbocycles. The van der Waals surface area contributed by atoms with Gasteiger partial charge in [0.05, 0.1) is 23.4 Å². The van der Waals surface area contributed by atoms with E-state index in [9.17, 15) is 37.8 Å². The SMILES string of the molecule is CCC[C@H](O)[C@H](CNCC(C)C)NC(=O)CC(=O)Nc1cc(N(C(=O)O)C(C)(C)C)cc(C(F)(F)F)c1. The maximum atomic E-state index is 13.5. The number of halogens is 3. The van der Waals surface area contributed by atoms with Gasteiger partial charge in [-0.3, -0.25) is 14.5 Å². The molecule has 1 aromatic rings. The van der Waals surface area contributed by atoms with Gasteiger partial charge in [-0.05, 0) is 57.9 Å². The lowest BCUT2D eigenvalue weighted by Crippen LogP contribution is -2.50. The minimum atomic E-state index is -4.81. The molecule has 0 aliphatic carbocycles. The Hall–Kier alpha value is -2.86. The number of amides is 3. The van der Waals surface area contributed by atoms with Crippen molar-refractivity contribution >= 4 is 29.3 Å². The summed E-state index contributed by atoms with van der Waals surface area (Å²) in [6.45, 7) is 11.4. The van der Waals surface area contributed by atoms with Gasteiger partial charge < -0.3 is 26.2 Å². The number of hydrogen-bond acceptors (Lipinski definition) is 5. The van der Waals surface area contributed by atoms with E-state index >= 15 is 0 Å². The third-order valence-electron chi connectivity index (χ3n) is 5.28. The van der Waals surface area contributed by atoms with Gasteiger partial charge in [0.25, 0.3) is 0 Å². The monoisotopic (exact) mass is 532 g/mol. The van der Waals surface area contributed by atoms with Crippen molar-refractivity contribution in [2.45, 2.75) is 84.7 Å². The van der Waals surface area contributed by atoms with E-state index in [0.29, 0.717) is 37.4 Å². The largest absolute Gasteiger partial charge is 0.465 e. The van der Waals surface area contributed by atoms with Gasteiger partial charge in [0, 0.05) is 17.8 Å². The Labute approximate surface area is 215 Å². The maximum Gasteiger partial charge on any atom is 0.416 e. The first-order valence-electron chi connectivity index (χ1n) is 12.2. The van der Waals surface area contributed by atoms with Crippen LogP contribution in [-0.2, 0) is 15.8 Å². The molecule has 0 radical (unpaired) electrons. The Morgan fingerprint density at radius 2 is 1.65 bits per heavy atom. The third-order valence-corrected chi connectivity index (χ3v) is 5.28. The van der Waals surface area contributed by atoms with Crippen molar-refractivity contribution < 1.29 is 37.8 Å². The van der Waals surface area contributed by atoms with E-state index in [1.165, 1.54) is 20.8 Å². The highest BCUT2D eigenvalue weighted by Crippen LogP contribution is 2.36. The molecule has 0 aliphatic heterocycles. The zero-order valence-electron chi connectivity index (χ0n) is 22.2. The van der Waals surface area contributed by atoms with Gasteiger partial charge in [0.15, 0.2) is 0 Å². The molecule has 3 amide bonds. The normalized spacial score (nSPS) is 13.7. The summed E-state index contributed by atoms with van der Waals surface area (Å²) in [6, 6.07) is 1.81. The van der Waals surface area contributed by atoms with E-state index in [1.54, 1.807) is 0 Å². The van der Waals surface area contributed by atoms with Crippen LogP contribution in [0.25, 0.3) is 0 Å². The number of rotatable bonds is 12. The Balaban J connectivity index is 3.07. The highest BCUT2D eigenvalue weighted by atomic mass is 19.4. The third kappa shape index (κ3) is 11.0. The van der Waals surface area contributed by atoms with Crippen LogP contribution in [0.4, 0.5) is 29.3 Å². The molecule has 0 bridgehead atoms. The van der Waals surface area contributed by atoms with E-state index in [-0.39, 0.29) is 17.9 Å². The smallest absolute Gasteiger partial charge is 0.416 e. The average molecular weight is 533 g/mol. The Morgan fingerprint density at radius 3 is 2.14 bits per heavy atom. The van der Waals surface area contributed by atoms with Crippen LogP contribution < -0.4 is 20.9 Å². The quantitative estimate of drug-likeness (QED) is 0.256. The highest BCUT2D eigenvalue weighted by molar-refractivity contribution is 6.04. The fraction of sp³-hybridized carbons (Fsp3) is 0.640. The molecule has 0 fully saturated rings. The zero-order valence-corrected chi connectivity index (χ0v) is 22.2. The van der Waals surface area contributed by atoms with Crippen molar-refractivity contribution in [2.24, 2.45) is 5.92 Å². The molecule has 0 unspecified atom stereocenters. The number of carbonyl (C=O) groups is 3. The molecular formula is C25H39F3N4O5. The second-order valence-corrected chi connectivity index (χ2v) is 10.4. The lowest BCUT2D eigenvalue weighted by atomic mass is 10.0. The Morgan fingerprint density at radius 1 is 1.03 bits per heavy atom. The fourth-order valence-electron chi connectivity index (χ4n) is 3.68. The number of carboxylic acid groups (broad SMARTS) is 1. The molecule has 37 heavy (non-hydrogen) atoms. The molecule has 0 spiro atoms. The van der Waals surface area contributed by atoms with Gasteiger partial charge in [-0.15, -0.1) is 0 Å². The van der Waals surface area contributed by atoms with Gasteiger partial charge in [0.2, 0.25) is 11.8 Å². The van der Waals surface area contributed by atoms with Gasteiger partial charge in [0.1, 0.15) is 6.42 Å². The molecule has 0 aliphatic rings. The number of nitrogens with zero attached hydrogens (tertiary/aromatic N) is 1. The Bertz CT molecular complexity index is 932. The molecule has 0 saturated carbocycles. The summed E-state index contributed by atoms with van der Waals surface area (Å²) in [5.74, 6) is -1.25. The zero-order chi connectivity index (χ0) is 28.6. The lowest BCUT2D eigenvalue weighted by Gasteiger charge is -2.33. The van der Waals surface area contributed by atoms with Crippen molar-refractivity contribution in [1.29, 1.82) is 0 Å². The van der Waals surface area contributed by atoms with Crippen molar-refractivity contribution in [3.63, 3.8) is 0 Å². The van der Waals surface area contributed by atoms with E-state index in [1.807, 2.05) is 20.8 Å². The second-order valence-electron chi connectivity index (χ2n) is 10.4. The van der Waals surface area contributed by atoms with Crippen LogP contribution in [0, 0.1) is 5.92 Å². The molecule has 0 saturated heterocycles. The van der Waals surface area contributed by atoms with Crippen molar-refractivity contribution in [3.05, 3.63) is 23.8 Å². The lowest BCUT2D eigenvalue weighted by molar-refractivity contribution is -0.137. The average Bonchev–Trinajstić information content (AvgIpc) is 2.70. The molecule has 5 N–H and O–H groups in total. The molecule has 1 rings (SSSR count). The summed E-state index contributed by atoms with van der Waals surface area (Å²) in [5.41, 5.74) is -2.82. The first kappa shape index (κ1) is 32.2. The van der Waals surface area contributed by atoms with E-state index < -0.39 is 53.8 Å². The summed E-state index contributed by atoms with van der Waals surface area (Å²) in [5, 5.41) is 28.0. The summed E-state index contributed by atoms with van der Waals surface area (Å²) < 4.78 is 40.6. The number of anilines is 2. The van der Waals surface area contributed by atoms with Crippen LogP contribution in [0.1, 0.15) is 66.4 Å². The molecule has 2 atom stereocenters. The van der Waals surface area contributed by atoms with Gasteiger partial charge in [-0.2, -0.15) is 13.2 Å². The Kier molecular flexibility index (Phi) is 11.8. The summed E-state index contributed by atoms with van der Waals surface area (Å²) in [7, 11) is 0. The number of aliphatic hydroxyl groups excluding tert-OH is 1. The van der Waals surface area contributed by atoms with E-state index in [2.05, 4.69) is 16.0 Å². The number of nitrogens with one attached hydrogen (secondary N) is 3. The van der Waals surface area contributed by atoms with Crippen molar-refractivity contribution in [2.75, 3.05) is 23.3 Å². The number of carbonyl (C=O) groups excluding carboxylic acids is 2. The second kappa shape index (κ2) is 13.6. The molecule has 9 nitrogen and oxygen atoms in total. The molecule has 0 heterocycles. The van der Waals surface area contributed by atoms with Crippen LogP contribution in [0.2, 0.25) is 0 Å². The van der Waals surface area contributed by atoms with Gasteiger partial charge in [-0.1, -0.05) is 27.2 Å². The highest BCUT2D eigenvalue weighted by Gasteiger charge is 2.35. The standard InChI is InChI=1S/C25H39F3N4O5/c1-7-8-20(33)19(14-29-13-15(2)3)31-22(35)12-21(34)30-17-9-16(25(26,27)28)10-18(11-17)32(23(36)37)24(4,5)6/h9-11,15,19-20,29,33H,7-8,12-14H2,1-6H3,(H,30,34)(H,31,35)(H,36,37)/t19-,20-/m0/s1. The van der Waals surface area contributed by atoms with Crippen LogP contribution in [-0.4, -0.2) is 58.9 Å². The number of benzene rings is 1. The van der Waals surface area contributed by atoms with Crippen LogP contribution in [0.5, 0.6) is 0 Å². The first-order chi connectivity index (χ1) is 16.9. The van der Waals surface area contributed by atoms with Crippen molar-refractivity contribution in [3.8, 4) is 0 Å². The molecule has 0 aromatic heterocycles. The van der Waals surface area contributed by atoms with Gasteiger partial charge in [-0.25, -0.2) is 4.79 Å². The van der Waals surface area contributed by atoms with Crippen LogP contribution in [0.15, 0.2) is 18.2 Å². The van der Waals surface area contributed by atoms with Crippen LogP contribution >= 0.6 is 0 Å². The number of alkyl halides is 3. The summed E-state index contributed by atoms with van der Waals surface area (Å²) in [4.78, 5) is 37.6. The minimum absolute atomic E-state index is 0.279. The number of aliphatic hydroxyl groups is 1. The minimum Gasteiger partial charge on any atom is -0.465 e. The maximum absolute atomic E-state index is 13.5.